The summed E-state index contributed by atoms with van der Waals surface area (Å²) in [5, 5.41) is 10.5. The summed E-state index contributed by atoms with van der Waals surface area (Å²) in [7, 11) is 0. The Kier molecular flexibility index (Phi) is 3.60. The topological polar surface area (TPSA) is 88.6 Å². The Bertz CT molecular complexity index is 892. The molecule has 3 N–H and O–H groups in total. The van der Waals surface area contributed by atoms with Crippen molar-refractivity contribution in [2.45, 2.75) is 17.2 Å². The van der Waals surface area contributed by atoms with Gasteiger partial charge in [0, 0.05) is 22.1 Å². The Morgan fingerprint density at radius 3 is 3.04 bits per heavy atom. The molecule has 1 aromatic carbocycles. The van der Waals surface area contributed by atoms with Crippen LogP contribution in [-0.4, -0.2) is 33.7 Å². The number of dihydropyridines is 1. The molecule has 3 heterocycles. The Hall–Kier alpha value is -1.22. The van der Waals surface area contributed by atoms with Crippen molar-refractivity contribution in [1.29, 1.82) is 0 Å². The number of para-hydroxylation sites is 1. The molecule has 0 saturated carbocycles. The molecular formula is C15H12BrN3O2S2. The molecule has 1 aromatic heterocycles. The van der Waals surface area contributed by atoms with E-state index in [2.05, 4.69) is 20.9 Å². The van der Waals surface area contributed by atoms with E-state index in [1.165, 1.54) is 23.1 Å². The second-order valence-corrected chi connectivity index (χ2v) is 8.68. The Morgan fingerprint density at radius 2 is 2.30 bits per heavy atom. The number of nitrogens with two attached hydrogens (primary N) is 1. The maximum absolute atomic E-state index is 11.9. The molecule has 23 heavy (non-hydrogen) atoms. The summed E-state index contributed by atoms with van der Waals surface area (Å²) in [4.78, 5) is 20.3. The van der Waals surface area contributed by atoms with Gasteiger partial charge in [-0.2, -0.15) is 0 Å². The minimum atomic E-state index is -1.43. The summed E-state index contributed by atoms with van der Waals surface area (Å²) in [5.41, 5.74) is 8.21. The first-order valence-corrected chi connectivity index (χ1v) is 9.42. The number of aliphatic imine (C=N–C) groups is 1. The molecule has 0 fully saturated rings. The summed E-state index contributed by atoms with van der Waals surface area (Å²) in [6.07, 6.45) is 2.48. The van der Waals surface area contributed by atoms with E-state index in [0.29, 0.717) is 6.54 Å². The van der Waals surface area contributed by atoms with Gasteiger partial charge in [-0.1, -0.05) is 17.8 Å². The lowest BCUT2D eigenvalue weighted by Crippen LogP contribution is -2.48. The number of aliphatic carboxylic acids is 1. The fourth-order valence-corrected chi connectivity index (χ4v) is 6.14. The molecule has 0 spiro atoms. The molecule has 2 aromatic rings. The van der Waals surface area contributed by atoms with Crippen LogP contribution in [0.4, 0.5) is 0 Å². The highest BCUT2D eigenvalue weighted by molar-refractivity contribution is 9.10. The quantitative estimate of drug-likeness (QED) is 0.793. The summed E-state index contributed by atoms with van der Waals surface area (Å²) in [6, 6.07) is 5.86. The highest BCUT2D eigenvalue weighted by Gasteiger charge is 2.53. The molecule has 0 amide bonds. The van der Waals surface area contributed by atoms with Crippen molar-refractivity contribution in [3.8, 4) is 0 Å². The first kappa shape index (κ1) is 15.3. The first-order chi connectivity index (χ1) is 11.0. The van der Waals surface area contributed by atoms with E-state index in [0.717, 1.165) is 36.6 Å². The Morgan fingerprint density at radius 1 is 1.48 bits per heavy atom. The molecule has 2 aliphatic rings. The fourth-order valence-electron chi connectivity index (χ4n) is 2.97. The van der Waals surface area contributed by atoms with Crippen LogP contribution < -0.4 is 5.73 Å². The number of carboxylic acid groups (broad SMARTS) is 1. The normalized spacial score (nSPS) is 26.8. The molecule has 4 rings (SSSR count). The van der Waals surface area contributed by atoms with Crippen LogP contribution in [0, 0.1) is 0 Å². The van der Waals surface area contributed by atoms with Crippen LogP contribution in [0.2, 0.25) is 0 Å². The van der Waals surface area contributed by atoms with Crippen molar-refractivity contribution in [2.24, 2.45) is 10.7 Å². The van der Waals surface area contributed by atoms with Crippen molar-refractivity contribution in [1.82, 2.24) is 4.98 Å². The van der Waals surface area contributed by atoms with E-state index < -0.39 is 16.8 Å². The minimum Gasteiger partial charge on any atom is -0.479 e. The van der Waals surface area contributed by atoms with E-state index in [1.807, 2.05) is 18.2 Å². The maximum atomic E-state index is 11.9. The standard InChI is InChI=1S/C15H12BrN3O2S2/c16-8-2-1-3-9-12(8)19-13(22-9)11-7-4-5-18-6-10(7)23-15(11,17)14(20)21/h1-3,6,11H,4-5,17H2,(H,20,21). The van der Waals surface area contributed by atoms with Gasteiger partial charge in [-0.25, -0.2) is 9.78 Å². The van der Waals surface area contributed by atoms with E-state index in [-0.39, 0.29) is 0 Å². The number of fused-ring (bicyclic) bond motifs is 1. The van der Waals surface area contributed by atoms with Crippen molar-refractivity contribution < 1.29 is 9.90 Å². The van der Waals surface area contributed by atoms with Gasteiger partial charge in [-0.3, -0.25) is 4.99 Å². The van der Waals surface area contributed by atoms with E-state index >= 15 is 0 Å². The molecule has 2 aliphatic heterocycles. The molecule has 118 valence electrons. The van der Waals surface area contributed by atoms with Crippen molar-refractivity contribution >= 4 is 61.4 Å². The van der Waals surface area contributed by atoms with Gasteiger partial charge >= 0.3 is 5.97 Å². The molecule has 0 bridgehead atoms. The number of thioether (sulfide) groups is 1. The van der Waals surface area contributed by atoms with Gasteiger partial charge in [-0.15, -0.1) is 11.3 Å². The van der Waals surface area contributed by atoms with E-state index in [4.69, 9.17) is 10.7 Å². The smallest absolute Gasteiger partial charge is 0.335 e. The van der Waals surface area contributed by atoms with Crippen LogP contribution in [0.1, 0.15) is 17.3 Å². The number of allylic oxidation sites excluding steroid dienone is 1. The van der Waals surface area contributed by atoms with Crippen LogP contribution in [0.25, 0.3) is 10.2 Å². The Labute approximate surface area is 148 Å². The zero-order valence-electron chi connectivity index (χ0n) is 11.8. The number of carbonyl (C=O) groups is 1. The molecule has 8 heteroatoms. The van der Waals surface area contributed by atoms with E-state index in [1.54, 1.807) is 6.21 Å². The summed E-state index contributed by atoms with van der Waals surface area (Å²) < 4.78 is 1.92. The number of hydrogen-bond donors (Lipinski definition) is 2. The average Bonchev–Trinajstić information content (AvgIpc) is 3.06. The second kappa shape index (κ2) is 5.41. The lowest BCUT2D eigenvalue weighted by atomic mass is 9.89. The number of aromatic nitrogens is 1. The van der Waals surface area contributed by atoms with Crippen molar-refractivity contribution in [3.05, 3.63) is 38.2 Å². The van der Waals surface area contributed by atoms with Crippen LogP contribution in [0.3, 0.4) is 0 Å². The molecule has 2 atom stereocenters. The molecule has 0 aliphatic carbocycles. The molecular weight excluding hydrogens is 398 g/mol. The predicted octanol–water partition coefficient (Wildman–Crippen LogP) is 3.36. The van der Waals surface area contributed by atoms with Crippen LogP contribution in [0.5, 0.6) is 0 Å². The van der Waals surface area contributed by atoms with Gasteiger partial charge in [0.05, 0.1) is 16.1 Å². The second-order valence-electron chi connectivity index (χ2n) is 5.45. The third-order valence-corrected chi connectivity index (χ3v) is 7.12. The monoisotopic (exact) mass is 409 g/mol. The van der Waals surface area contributed by atoms with Crippen LogP contribution in [-0.2, 0) is 4.79 Å². The minimum absolute atomic E-state index is 0.420. The summed E-state index contributed by atoms with van der Waals surface area (Å²) in [5.74, 6) is -1.44. The lowest BCUT2D eigenvalue weighted by molar-refractivity contribution is -0.140. The number of carboxylic acids is 1. The van der Waals surface area contributed by atoms with E-state index in [9.17, 15) is 9.90 Å². The number of halogens is 1. The van der Waals surface area contributed by atoms with Gasteiger partial charge in [-0.05, 0) is 40.1 Å². The highest BCUT2D eigenvalue weighted by atomic mass is 79.9. The predicted molar refractivity (Wildman–Crippen MR) is 97.2 cm³/mol. The molecule has 2 unspecified atom stereocenters. The largest absolute Gasteiger partial charge is 0.479 e. The van der Waals surface area contributed by atoms with Crippen LogP contribution in [0.15, 0.2) is 38.1 Å². The number of hydrogen-bond acceptors (Lipinski definition) is 6. The first-order valence-electron chi connectivity index (χ1n) is 7.00. The summed E-state index contributed by atoms with van der Waals surface area (Å²) in [6.45, 7) is 0.667. The number of rotatable bonds is 2. The van der Waals surface area contributed by atoms with Gasteiger partial charge in [0.2, 0.25) is 0 Å². The zero-order chi connectivity index (χ0) is 16.2. The zero-order valence-corrected chi connectivity index (χ0v) is 15.0. The highest BCUT2D eigenvalue weighted by Crippen LogP contribution is 2.55. The average molecular weight is 410 g/mol. The molecule has 5 nitrogen and oxygen atoms in total. The molecule has 0 radical (unpaired) electrons. The number of nitrogens with zero attached hydrogens (tertiary/aromatic N) is 2. The van der Waals surface area contributed by atoms with Gasteiger partial charge in [0.25, 0.3) is 0 Å². The number of thiazole rings is 1. The van der Waals surface area contributed by atoms with Crippen LogP contribution >= 0.6 is 39.0 Å². The Balaban J connectivity index is 1.91. The summed E-state index contributed by atoms with van der Waals surface area (Å²) >= 11 is 6.20. The number of benzene rings is 1. The SMILES string of the molecule is NC1(C(=O)O)SC2=C(CCN=C2)C1c1nc2c(Br)cccc2s1. The van der Waals surface area contributed by atoms with Gasteiger partial charge in [0.15, 0.2) is 4.87 Å². The third kappa shape index (κ3) is 2.27. The van der Waals surface area contributed by atoms with Crippen molar-refractivity contribution in [3.63, 3.8) is 0 Å². The van der Waals surface area contributed by atoms with Crippen molar-refractivity contribution in [2.75, 3.05) is 6.54 Å². The lowest BCUT2D eigenvalue weighted by Gasteiger charge is -2.26. The fraction of sp³-hybridized carbons (Fsp3) is 0.267. The maximum Gasteiger partial charge on any atom is 0.335 e. The van der Waals surface area contributed by atoms with Gasteiger partial charge in [0.1, 0.15) is 5.01 Å². The molecule has 0 saturated heterocycles. The van der Waals surface area contributed by atoms with Gasteiger partial charge < -0.3 is 10.8 Å². The third-order valence-electron chi connectivity index (χ3n) is 4.06.